The minimum absolute atomic E-state index is 0.627. The van der Waals surface area contributed by atoms with Crippen LogP contribution in [-0.2, 0) is 0 Å². The topological polar surface area (TPSA) is 23.8 Å². The maximum absolute atomic E-state index is 8.62. The Morgan fingerprint density at radius 2 is 2.31 bits per heavy atom. The molecule has 0 aromatic carbocycles. The third-order valence-corrected chi connectivity index (χ3v) is 3.90. The number of nitriles is 1. The van der Waals surface area contributed by atoms with Crippen molar-refractivity contribution in [2.45, 2.75) is 44.8 Å². The summed E-state index contributed by atoms with van der Waals surface area (Å²) in [5.41, 5.74) is 0. The smallest absolute Gasteiger partial charge is 0.0633 e. The van der Waals surface area contributed by atoms with E-state index >= 15 is 0 Å². The zero-order valence-corrected chi connectivity index (χ0v) is 9.44. The van der Waals surface area contributed by atoms with Gasteiger partial charge in [0.1, 0.15) is 0 Å². The Hall–Kier alpha value is -0.160. The maximum atomic E-state index is 8.62. The van der Waals surface area contributed by atoms with Gasteiger partial charge in [0, 0.05) is 11.7 Å². The molecular formula is C11H19NS. The Morgan fingerprint density at radius 1 is 1.54 bits per heavy atom. The minimum Gasteiger partial charge on any atom is -0.198 e. The van der Waals surface area contributed by atoms with Crippen molar-refractivity contribution in [2.75, 3.05) is 5.75 Å². The highest BCUT2D eigenvalue weighted by Crippen LogP contribution is 2.34. The molecule has 0 amide bonds. The Kier molecular flexibility index (Phi) is 4.66. The number of hydrogen-bond donors (Lipinski definition) is 0. The molecular weight excluding hydrogens is 178 g/mol. The summed E-state index contributed by atoms with van der Waals surface area (Å²) < 4.78 is 0. The molecule has 2 atom stereocenters. The van der Waals surface area contributed by atoms with Crippen LogP contribution in [0.2, 0.25) is 0 Å². The summed E-state index contributed by atoms with van der Waals surface area (Å²) >= 11 is 2.00. The molecule has 2 heteroatoms. The van der Waals surface area contributed by atoms with Crippen LogP contribution in [0, 0.1) is 23.2 Å². The summed E-state index contributed by atoms with van der Waals surface area (Å²) in [5, 5.41) is 9.25. The van der Waals surface area contributed by atoms with E-state index in [0.717, 1.165) is 18.3 Å². The van der Waals surface area contributed by atoms with Crippen LogP contribution in [0.1, 0.15) is 39.5 Å². The molecule has 0 N–H and O–H groups in total. The van der Waals surface area contributed by atoms with Gasteiger partial charge >= 0.3 is 0 Å². The second-order valence-corrected chi connectivity index (χ2v) is 5.78. The first-order valence-corrected chi connectivity index (χ1v) is 6.25. The molecule has 0 aromatic heterocycles. The van der Waals surface area contributed by atoms with Crippen molar-refractivity contribution in [2.24, 2.45) is 11.8 Å². The van der Waals surface area contributed by atoms with E-state index in [1.165, 1.54) is 25.0 Å². The van der Waals surface area contributed by atoms with E-state index in [1.807, 2.05) is 11.8 Å². The normalized spacial score (nSPS) is 28.8. The van der Waals surface area contributed by atoms with Crippen molar-refractivity contribution in [3.8, 4) is 6.07 Å². The summed E-state index contributed by atoms with van der Waals surface area (Å²) in [6.07, 6.45) is 4.74. The van der Waals surface area contributed by atoms with Gasteiger partial charge in [0.15, 0.2) is 0 Å². The zero-order chi connectivity index (χ0) is 9.68. The third-order valence-electron chi connectivity index (χ3n) is 2.60. The largest absolute Gasteiger partial charge is 0.198 e. The lowest BCUT2D eigenvalue weighted by atomic mass is 9.90. The van der Waals surface area contributed by atoms with Crippen molar-refractivity contribution in [1.29, 1.82) is 5.26 Å². The van der Waals surface area contributed by atoms with Gasteiger partial charge in [0.25, 0.3) is 0 Å². The monoisotopic (exact) mass is 197 g/mol. The fourth-order valence-electron chi connectivity index (χ4n) is 2.08. The van der Waals surface area contributed by atoms with Crippen LogP contribution < -0.4 is 0 Å². The lowest BCUT2D eigenvalue weighted by Gasteiger charge is -2.28. The Balaban J connectivity index is 2.29. The number of nitrogens with zero attached hydrogens (tertiary/aromatic N) is 1. The average molecular weight is 197 g/mol. The van der Waals surface area contributed by atoms with Gasteiger partial charge in [0.2, 0.25) is 0 Å². The van der Waals surface area contributed by atoms with Crippen molar-refractivity contribution < 1.29 is 0 Å². The van der Waals surface area contributed by atoms with Gasteiger partial charge in [0.05, 0.1) is 6.07 Å². The second-order valence-electron chi connectivity index (χ2n) is 4.37. The highest BCUT2D eigenvalue weighted by Gasteiger charge is 2.22. The Morgan fingerprint density at radius 3 is 2.92 bits per heavy atom. The Labute approximate surface area is 85.9 Å². The predicted molar refractivity (Wildman–Crippen MR) is 58.7 cm³/mol. The average Bonchev–Trinajstić information content (AvgIpc) is 2.04. The van der Waals surface area contributed by atoms with E-state index in [0.29, 0.717) is 5.25 Å². The van der Waals surface area contributed by atoms with Gasteiger partial charge in [-0.1, -0.05) is 13.8 Å². The zero-order valence-electron chi connectivity index (χ0n) is 8.62. The summed E-state index contributed by atoms with van der Waals surface area (Å²) in [4.78, 5) is 0. The van der Waals surface area contributed by atoms with Crippen LogP contribution in [0.25, 0.3) is 0 Å². The van der Waals surface area contributed by atoms with Gasteiger partial charge in [-0.05, 0) is 36.9 Å². The van der Waals surface area contributed by atoms with Crippen molar-refractivity contribution in [3.63, 3.8) is 0 Å². The number of thioether (sulfide) groups is 1. The molecule has 1 aliphatic rings. The first-order valence-electron chi connectivity index (χ1n) is 5.21. The molecule has 0 saturated carbocycles. The Bertz CT molecular complexity index is 183. The van der Waals surface area contributed by atoms with Gasteiger partial charge in [-0.2, -0.15) is 17.0 Å². The molecule has 1 nitrogen and oxygen atoms in total. The van der Waals surface area contributed by atoms with Crippen LogP contribution in [0.5, 0.6) is 0 Å². The number of rotatable bonds is 3. The molecule has 1 aliphatic heterocycles. The van der Waals surface area contributed by atoms with Crippen LogP contribution >= 0.6 is 11.8 Å². The van der Waals surface area contributed by atoms with E-state index in [4.69, 9.17) is 5.26 Å². The lowest BCUT2D eigenvalue weighted by molar-refractivity contribution is 0.367. The molecule has 1 rings (SSSR count). The van der Waals surface area contributed by atoms with E-state index in [1.54, 1.807) is 0 Å². The molecule has 1 saturated heterocycles. The number of hydrogen-bond acceptors (Lipinski definition) is 2. The molecule has 2 unspecified atom stereocenters. The molecule has 1 fully saturated rings. The highest BCUT2D eigenvalue weighted by molar-refractivity contribution is 7.99. The summed E-state index contributed by atoms with van der Waals surface area (Å²) in [6, 6.07) is 2.29. The minimum atomic E-state index is 0.627. The first kappa shape index (κ1) is 10.9. The predicted octanol–water partition coefficient (Wildman–Crippen LogP) is 3.46. The fraction of sp³-hybridized carbons (Fsp3) is 0.909. The van der Waals surface area contributed by atoms with Crippen molar-refractivity contribution in [3.05, 3.63) is 0 Å². The van der Waals surface area contributed by atoms with E-state index in [2.05, 4.69) is 19.9 Å². The molecule has 1 heterocycles. The standard InChI is InChI=1S/C11H19NS/c1-9(2)7-10-4-6-13-11(8-10)3-5-12/h9-11H,3-4,6-8H2,1-2H3. The molecule has 13 heavy (non-hydrogen) atoms. The van der Waals surface area contributed by atoms with E-state index in [9.17, 15) is 0 Å². The van der Waals surface area contributed by atoms with Crippen LogP contribution in [-0.4, -0.2) is 11.0 Å². The van der Waals surface area contributed by atoms with E-state index in [-0.39, 0.29) is 0 Å². The van der Waals surface area contributed by atoms with Crippen molar-refractivity contribution >= 4 is 11.8 Å². The molecule has 0 aliphatic carbocycles. The van der Waals surface area contributed by atoms with Crippen LogP contribution in [0.4, 0.5) is 0 Å². The quantitative estimate of drug-likeness (QED) is 0.692. The summed E-state index contributed by atoms with van der Waals surface area (Å²) in [6.45, 7) is 4.59. The van der Waals surface area contributed by atoms with Gasteiger partial charge in [-0.15, -0.1) is 0 Å². The first-order chi connectivity index (χ1) is 6.22. The summed E-state index contributed by atoms with van der Waals surface area (Å²) in [5.74, 6) is 2.97. The van der Waals surface area contributed by atoms with Crippen LogP contribution in [0.3, 0.4) is 0 Å². The molecule has 0 spiro atoms. The SMILES string of the molecule is CC(C)CC1CCSC(CC#N)C1. The van der Waals surface area contributed by atoms with Crippen molar-refractivity contribution in [1.82, 2.24) is 0 Å². The summed E-state index contributed by atoms with van der Waals surface area (Å²) in [7, 11) is 0. The molecule has 0 radical (unpaired) electrons. The maximum Gasteiger partial charge on any atom is 0.0633 e. The fourth-order valence-corrected chi connectivity index (χ4v) is 3.49. The molecule has 74 valence electrons. The second kappa shape index (κ2) is 5.54. The molecule has 0 aromatic rings. The third kappa shape index (κ3) is 4.04. The van der Waals surface area contributed by atoms with Gasteiger partial charge in [-0.25, -0.2) is 0 Å². The van der Waals surface area contributed by atoms with Crippen LogP contribution in [0.15, 0.2) is 0 Å². The van der Waals surface area contributed by atoms with E-state index < -0.39 is 0 Å². The van der Waals surface area contributed by atoms with Gasteiger partial charge < -0.3 is 0 Å². The highest BCUT2D eigenvalue weighted by atomic mass is 32.2. The molecule has 0 bridgehead atoms. The lowest BCUT2D eigenvalue weighted by Crippen LogP contribution is -2.19. The van der Waals surface area contributed by atoms with Gasteiger partial charge in [-0.3, -0.25) is 0 Å².